The van der Waals surface area contributed by atoms with Crippen LogP contribution < -0.4 is 15.0 Å². The minimum Gasteiger partial charge on any atom is -0.495 e. The van der Waals surface area contributed by atoms with Crippen molar-refractivity contribution in [3.63, 3.8) is 0 Å². The summed E-state index contributed by atoms with van der Waals surface area (Å²) < 4.78 is 7.54. The number of ether oxygens (including phenoxy) is 1. The minimum atomic E-state index is -0.521. The number of para-hydroxylation sites is 2. The summed E-state index contributed by atoms with van der Waals surface area (Å²) in [4.78, 5) is 27.5. The maximum Gasteiger partial charge on any atom is 0.270 e. The zero-order chi connectivity index (χ0) is 23.9. The molecule has 33 heavy (non-hydrogen) atoms. The van der Waals surface area contributed by atoms with Gasteiger partial charge in [0.05, 0.1) is 12.8 Å². The minimum absolute atomic E-state index is 0.00993. The van der Waals surface area contributed by atoms with Crippen LogP contribution in [0.2, 0.25) is 0 Å². The summed E-state index contributed by atoms with van der Waals surface area (Å²) in [7, 11) is 1.52. The van der Waals surface area contributed by atoms with Gasteiger partial charge in [0.1, 0.15) is 11.3 Å². The second-order valence-corrected chi connectivity index (χ2v) is 8.40. The van der Waals surface area contributed by atoms with E-state index in [-0.39, 0.29) is 10.7 Å². The predicted molar refractivity (Wildman–Crippen MR) is 134 cm³/mol. The van der Waals surface area contributed by atoms with Crippen LogP contribution >= 0.6 is 12.2 Å². The second kappa shape index (κ2) is 8.67. The predicted octanol–water partition coefficient (Wildman–Crippen LogP) is 4.55. The van der Waals surface area contributed by atoms with E-state index < -0.39 is 11.8 Å². The fraction of sp³-hybridized carbons (Fsp3) is 0.192. The Kier molecular flexibility index (Phi) is 5.91. The summed E-state index contributed by atoms with van der Waals surface area (Å²) in [5, 5.41) is 2.66. The van der Waals surface area contributed by atoms with Crippen LogP contribution in [0.3, 0.4) is 0 Å². The molecule has 0 unspecified atom stereocenters. The van der Waals surface area contributed by atoms with E-state index in [1.54, 1.807) is 30.3 Å². The Morgan fingerprint density at radius 1 is 0.970 bits per heavy atom. The molecule has 2 aromatic carbocycles. The van der Waals surface area contributed by atoms with Crippen LogP contribution in [0.1, 0.15) is 28.1 Å². The molecule has 1 aromatic heterocycles. The van der Waals surface area contributed by atoms with E-state index in [2.05, 4.69) is 35.9 Å². The smallest absolute Gasteiger partial charge is 0.270 e. The molecule has 0 radical (unpaired) electrons. The van der Waals surface area contributed by atoms with E-state index in [1.807, 2.05) is 26.0 Å². The molecule has 0 atom stereocenters. The molecule has 168 valence electrons. The highest BCUT2D eigenvalue weighted by atomic mass is 32.1. The van der Waals surface area contributed by atoms with Crippen LogP contribution in [0, 0.1) is 27.7 Å². The molecule has 1 aliphatic heterocycles. The van der Waals surface area contributed by atoms with Crippen molar-refractivity contribution in [1.29, 1.82) is 0 Å². The first-order chi connectivity index (χ1) is 15.7. The summed E-state index contributed by atoms with van der Waals surface area (Å²) >= 11 is 5.32. The molecule has 0 aliphatic carbocycles. The number of carbonyl (C=O) groups excluding carboxylic acids is 2. The summed E-state index contributed by atoms with van der Waals surface area (Å²) in [5.74, 6) is -0.533. The Morgan fingerprint density at radius 3 is 2.39 bits per heavy atom. The third-order valence-electron chi connectivity index (χ3n) is 6.01. The topological polar surface area (TPSA) is 63.6 Å². The Labute approximate surface area is 198 Å². The van der Waals surface area contributed by atoms with Crippen molar-refractivity contribution in [3.05, 3.63) is 82.2 Å². The number of nitrogens with zero attached hydrogens (tertiary/aromatic N) is 2. The van der Waals surface area contributed by atoms with Crippen molar-refractivity contribution in [2.75, 3.05) is 12.0 Å². The normalized spacial score (nSPS) is 15.2. The number of hydrogen-bond acceptors (Lipinski definition) is 4. The lowest BCUT2D eigenvalue weighted by Crippen LogP contribution is -2.54. The van der Waals surface area contributed by atoms with Gasteiger partial charge in [-0.2, -0.15) is 0 Å². The van der Waals surface area contributed by atoms with Gasteiger partial charge in [0.15, 0.2) is 5.11 Å². The molecule has 0 saturated carbocycles. The van der Waals surface area contributed by atoms with Crippen molar-refractivity contribution in [2.45, 2.75) is 27.7 Å². The summed E-state index contributed by atoms with van der Waals surface area (Å²) in [6, 6.07) is 15.2. The molecule has 1 aliphatic rings. The van der Waals surface area contributed by atoms with Crippen molar-refractivity contribution >= 4 is 40.9 Å². The Morgan fingerprint density at radius 2 is 1.67 bits per heavy atom. The lowest BCUT2D eigenvalue weighted by Gasteiger charge is -2.29. The van der Waals surface area contributed by atoms with Gasteiger partial charge in [-0.15, -0.1) is 0 Å². The lowest BCUT2D eigenvalue weighted by atomic mass is 10.1. The molecular formula is C26H25N3O3S. The molecule has 3 aromatic rings. The fourth-order valence-corrected chi connectivity index (χ4v) is 4.40. The first-order valence-corrected chi connectivity index (χ1v) is 11.0. The van der Waals surface area contributed by atoms with Gasteiger partial charge in [-0.25, -0.2) is 4.90 Å². The van der Waals surface area contributed by atoms with Crippen molar-refractivity contribution in [1.82, 2.24) is 9.88 Å². The number of rotatable bonds is 4. The zero-order valence-electron chi connectivity index (χ0n) is 19.2. The number of hydrogen-bond donors (Lipinski definition) is 1. The molecule has 2 amide bonds. The summed E-state index contributed by atoms with van der Waals surface area (Å²) in [6.07, 6.45) is 1.63. The average Bonchev–Trinajstić information content (AvgIpc) is 3.06. The molecule has 4 rings (SSSR count). The number of nitrogens with one attached hydrogen (secondary N) is 1. The van der Waals surface area contributed by atoms with E-state index in [0.29, 0.717) is 11.4 Å². The number of amides is 2. The van der Waals surface area contributed by atoms with Crippen LogP contribution in [0.25, 0.3) is 11.8 Å². The maximum absolute atomic E-state index is 13.4. The van der Waals surface area contributed by atoms with Crippen LogP contribution in [0.15, 0.2) is 54.1 Å². The number of benzene rings is 2. The molecular weight excluding hydrogens is 434 g/mol. The highest BCUT2D eigenvalue weighted by Gasteiger charge is 2.36. The highest BCUT2D eigenvalue weighted by Crippen LogP contribution is 2.32. The lowest BCUT2D eigenvalue weighted by molar-refractivity contribution is -0.122. The molecule has 0 spiro atoms. The van der Waals surface area contributed by atoms with Crippen molar-refractivity contribution in [3.8, 4) is 11.4 Å². The van der Waals surface area contributed by atoms with E-state index in [9.17, 15) is 9.59 Å². The standard InChI is InChI=1S/C26H25N3O3S/c1-15-9-8-11-21(17(15)3)28-16(2)13-19(18(28)4)14-20-24(30)27-26(33)29(25(20)31)22-10-6-7-12-23(22)32-5/h6-14H,1-5H3,(H,27,30,33)/b20-14+. The highest BCUT2D eigenvalue weighted by molar-refractivity contribution is 7.80. The Hall–Kier alpha value is -3.71. The van der Waals surface area contributed by atoms with Crippen molar-refractivity contribution < 1.29 is 14.3 Å². The van der Waals surface area contributed by atoms with Gasteiger partial charge in [-0.05, 0) is 86.9 Å². The van der Waals surface area contributed by atoms with Gasteiger partial charge in [-0.1, -0.05) is 24.3 Å². The Balaban J connectivity index is 1.80. The third-order valence-corrected chi connectivity index (χ3v) is 6.30. The molecule has 7 heteroatoms. The van der Waals surface area contributed by atoms with Gasteiger partial charge in [0, 0.05) is 17.1 Å². The first-order valence-electron chi connectivity index (χ1n) is 10.5. The van der Waals surface area contributed by atoms with Gasteiger partial charge in [0.2, 0.25) is 0 Å². The van der Waals surface area contributed by atoms with Crippen molar-refractivity contribution in [2.24, 2.45) is 0 Å². The average molecular weight is 460 g/mol. The Bertz CT molecular complexity index is 1340. The largest absolute Gasteiger partial charge is 0.495 e. The number of carbonyl (C=O) groups is 2. The molecule has 0 bridgehead atoms. The number of methoxy groups -OCH3 is 1. The van der Waals surface area contributed by atoms with E-state index in [1.165, 1.54) is 23.1 Å². The fourth-order valence-electron chi connectivity index (χ4n) is 4.13. The summed E-state index contributed by atoms with van der Waals surface area (Å²) in [6.45, 7) is 8.16. The van der Waals surface area contributed by atoms with Crippen LogP contribution in [0.4, 0.5) is 5.69 Å². The monoisotopic (exact) mass is 459 g/mol. The van der Waals surface area contributed by atoms with E-state index in [0.717, 1.165) is 22.6 Å². The number of aromatic nitrogens is 1. The quantitative estimate of drug-likeness (QED) is 0.353. The molecule has 2 heterocycles. The molecule has 1 N–H and O–H groups in total. The molecule has 6 nitrogen and oxygen atoms in total. The zero-order valence-corrected chi connectivity index (χ0v) is 20.0. The number of thiocarbonyl (C=S) groups is 1. The molecule has 1 saturated heterocycles. The molecule has 1 fully saturated rings. The maximum atomic E-state index is 13.4. The van der Waals surface area contributed by atoms with Gasteiger partial charge >= 0.3 is 0 Å². The third kappa shape index (κ3) is 3.85. The van der Waals surface area contributed by atoms with Gasteiger partial charge in [-0.3, -0.25) is 14.9 Å². The van der Waals surface area contributed by atoms with Crippen LogP contribution in [-0.2, 0) is 9.59 Å². The summed E-state index contributed by atoms with van der Waals surface area (Å²) in [5.41, 5.74) is 6.67. The number of aryl methyl sites for hydroxylation is 2. The van der Waals surface area contributed by atoms with E-state index >= 15 is 0 Å². The SMILES string of the molecule is COc1ccccc1N1C(=O)/C(=C/c2cc(C)n(-c3cccc(C)c3C)c2C)C(=O)NC1=S. The first kappa shape index (κ1) is 22.5. The van der Waals surface area contributed by atoms with Crippen LogP contribution in [-0.4, -0.2) is 28.6 Å². The number of anilines is 1. The van der Waals surface area contributed by atoms with Gasteiger partial charge < -0.3 is 9.30 Å². The second-order valence-electron chi connectivity index (χ2n) is 8.01. The van der Waals surface area contributed by atoms with Crippen LogP contribution in [0.5, 0.6) is 5.75 Å². The van der Waals surface area contributed by atoms with Gasteiger partial charge in [0.25, 0.3) is 11.8 Å². The van der Waals surface area contributed by atoms with E-state index in [4.69, 9.17) is 17.0 Å².